The van der Waals surface area contributed by atoms with E-state index < -0.39 is 0 Å². The molecule has 4 heterocycles. The number of rotatable bonds is 6. The van der Waals surface area contributed by atoms with Crippen molar-refractivity contribution in [3.8, 4) is 5.88 Å². The van der Waals surface area contributed by atoms with E-state index in [-0.39, 0.29) is 24.4 Å². The summed E-state index contributed by atoms with van der Waals surface area (Å²) in [4.78, 5) is 26.9. The molecule has 0 N–H and O–H groups in total. The Kier molecular flexibility index (Phi) is 4.84. The van der Waals surface area contributed by atoms with Crippen molar-refractivity contribution in [3.63, 3.8) is 0 Å². The molecule has 1 atom stereocenters. The molecule has 1 aromatic carbocycles. The van der Waals surface area contributed by atoms with Crippen molar-refractivity contribution in [2.75, 3.05) is 13.2 Å². The molecule has 0 radical (unpaired) electrons. The summed E-state index contributed by atoms with van der Waals surface area (Å²) in [7, 11) is 0. The van der Waals surface area contributed by atoms with Crippen LogP contribution in [0.4, 0.5) is 0 Å². The molecule has 164 valence electrons. The normalized spacial score (nSPS) is 18.6. The van der Waals surface area contributed by atoms with Gasteiger partial charge >= 0.3 is 5.69 Å². The van der Waals surface area contributed by atoms with Crippen molar-refractivity contribution in [1.82, 2.24) is 24.1 Å². The number of imidazole rings is 1. The van der Waals surface area contributed by atoms with Gasteiger partial charge in [0.15, 0.2) is 5.82 Å². The number of fused-ring (bicyclic) bond motifs is 2. The number of ether oxygens (including phenoxy) is 2. The average molecular weight is 452 g/mol. The van der Waals surface area contributed by atoms with Gasteiger partial charge in [-0.2, -0.15) is 4.98 Å². The van der Waals surface area contributed by atoms with Crippen LogP contribution in [0.1, 0.15) is 37.5 Å². The Morgan fingerprint density at radius 3 is 2.88 bits per heavy atom. The summed E-state index contributed by atoms with van der Waals surface area (Å²) in [6.45, 7) is 1.42. The van der Waals surface area contributed by atoms with E-state index in [9.17, 15) is 4.79 Å². The minimum Gasteiger partial charge on any atom is -0.474 e. The third-order valence-electron chi connectivity index (χ3n) is 6.08. The van der Waals surface area contributed by atoms with Crippen molar-refractivity contribution in [2.24, 2.45) is 0 Å². The number of nitrogens with zero attached hydrogens (tertiary/aromatic N) is 5. The molecule has 1 aliphatic heterocycles. The van der Waals surface area contributed by atoms with Gasteiger partial charge in [-0.25, -0.2) is 9.78 Å². The van der Waals surface area contributed by atoms with Crippen LogP contribution in [0.15, 0.2) is 41.5 Å². The van der Waals surface area contributed by atoms with Crippen LogP contribution >= 0.6 is 11.6 Å². The first-order valence-electron chi connectivity index (χ1n) is 10.9. The van der Waals surface area contributed by atoms with Crippen LogP contribution in [0.2, 0.25) is 5.02 Å². The van der Waals surface area contributed by atoms with Crippen molar-refractivity contribution >= 4 is 33.5 Å². The summed E-state index contributed by atoms with van der Waals surface area (Å²) in [5.41, 5.74) is 2.29. The molecule has 0 amide bonds. The van der Waals surface area contributed by atoms with Gasteiger partial charge in [-0.05, 0) is 49.9 Å². The number of benzene rings is 1. The fraction of sp³-hybridized carbons (Fsp3) is 0.391. The molecule has 2 fully saturated rings. The summed E-state index contributed by atoms with van der Waals surface area (Å²) >= 11 is 6.22. The lowest BCUT2D eigenvalue weighted by Gasteiger charge is -2.14. The summed E-state index contributed by atoms with van der Waals surface area (Å²) in [6, 6.07) is 7.60. The Labute approximate surface area is 188 Å². The molecule has 0 bridgehead atoms. The molecular formula is C23H22ClN5O3. The predicted octanol–water partition coefficient (Wildman–Crippen LogP) is 3.74. The van der Waals surface area contributed by atoms with E-state index in [1.54, 1.807) is 29.1 Å². The third-order valence-corrected chi connectivity index (χ3v) is 6.31. The molecule has 1 saturated heterocycles. The van der Waals surface area contributed by atoms with Gasteiger partial charge in [-0.15, -0.1) is 0 Å². The summed E-state index contributed by atoms with van der Waals surface area (Å²) in [6.07, 6.45) is 7.58. The molecular weight excluding hydrogens is 430 g/mol. The largest absolute Gasteiger partial charge is 0.474 e. The number of halogens is 1. The van der Waals surface area contributed by atoms with Crippen molar-refractivity contribution in [2.45, 2.75) is 44.4 Å². The maximum absolute atomic E-state index is 13.3. The monoisotopic (exact) mass is 451 g/mol. The SMILES string of the molecule is O=c1n(Cc2nc(OCC3CCCO3)c3ccc(Cl)cc3n2)c2cnccc2n1C1CC1. The Hall–Kier alpha value is -2.97. The highest BCUT2D eigenvalue weighted by Gasteiger charge is 2.29. The zero-order chi connectivity index (χ0) is 21.7. The highest BCUT2D eigenvalue weighted by molar-refractivity contribution is 6.31. The van der Waals surface area contributed by atoms with Gasteiger partial charge in [-0.1, -0.05) is 11.6 Å². The minimum absolute atomic E-state index is 0.0629. The predicted molar refractivity (Wildman–Crippen MR) is 120 cm³/mol. The van der Waals surface area contributed by atoms with Gasteiger partial charge in [0.05, 0.1) is 40.8 Å². The lowest BCUT2D eigenvalue weighted by atomic mass is 10.2. The second kappa shape index (κ2) is 7.86. The molecule has 4 aromatic rings. The Morgan fingerprint density at radius 2 is 2.06 bits per heavy atom. The van der Waals surface area contributed by atoms with Crippen LogP contribution in [-0.2, 0) is 11.3 Å². The van der Waals surface area contributed by atoms with Gasteiger partial charge in [-0.3, -0.25) is 14.1 Å². The van der Waals surface area contributed by atoms with E-state index in [1.165, 1.54) is 0 Å². The van der Waals surface area contributed by atoms with Crippen LogP contribution < -0.4 is 10.4 Å². The number of pyridine rings is 1. The summed E-state index contributed by atoms with van der Waals surface area (Å²) < 4.78 is 15.3. The zero-order valence-corrected chi connectivity index (χ0v) is 18.2. The second-order valence-electron chi connectivity index (χ2n) is 8.39. The maximum Gasteiger partial charge on any atom is 0.329 e. The van der Waals surface area contributed by atoms with Gasteiger partial charge < -0.3 is 9.47 Å². The second-order valence-corrected chi connectivity index (χ2v) is 8.82. The van der Waals surface area contributed by atoms with Crippen LogP contribution in [0.3, 0.4) is 0 Å². The summed E-state index contributed by atoms with van der Waals surface area (Å²) in [5.74, 6) is 0.970. The zero-order valence-electron chi connectivity index (χ0n) is 17.4. The molecule has 6 rings (SSSR count). The van der Waals surface area contributed by atoms with E-state index in [0.717, 1.165) is 48.7 Å². The highest BCUT2D eigenvalue weighted by atomic mass is 35.5. The smallest absolute Gasteiger partial charge is 0.329 e. The number of aromatic nitrogens is 5. The van der Waals surface area contributed by atoms with Gasteiger partial charge in [0.2, 0.25) is 5.88 Å². The first kappa shape index (κ1) is 19.7. The average Bonchev–Trinajstić information content (AvgIpc) is 3.41. The van der Waals surface area contributed by atoms with Crippen molar-refractivity contribution in [1.29, 1.82) is 0 Å². The van der Waals surface area contributed by atoms with E-state index in [2.05, 4.69) is 9.97 Å². The first-order valence-corrected chi connectivity index (χ1v) is 11.3. The van der Waals surface area contributed by atoms with E-state index in [0.29, 0.717) is 28.9 Å². The number of hydrogen-bond acceptors (Lipinski definition) is 6. The molecule has 1 aliphatic carbocycles. The fourth-order valence-corrected chi connectivity index (χ4v) is 4.52. The van der Waals surface area contributed by atoms with Gasteiger partial charge in [0, 0.05) is 23.9 Å². The van der Waals surface area contributed by atoms with Crippen LogP contribution in [0.5, 0.6) is 5.88 Å². The molecule has 0 spiro atoms. The minimum atomic E-state index is -0.0629. The summed E-state index contributed by atoms with van der Waals surface area (Å²) in [5, 5.41) is 1.37. The lowest BCUT2D eigenvalue weighted by Crippen LogP contribution is -2.25. The molecule has 1 saturated carbocycles. The van der Waals surface area contributed by atoms with Crippen LogP contribution in [0, 0.1) is 0 Å². The Balaban J connectivity index is 1.41. The van der Waals surface area contributed by atoms with E-state index in [4.69, 9.17) is 26.1 Å². The van der Waals surface area contributed by atoms with Crippen LogP contribution in [0.25, 0.3) is 21.9 Å². The van der Waals surface area contributed by atoms with E-state index in [1.807, 2.05) is 16.7 Å². The van der Waals surface area contributed by atoms with Gasteiger partial charge in [0.25, 0.3) is 0 Å². The fourth-order valence-electron chi connectivity index (χ4n) is 4.35. The number of hydrogen-bond donors (Lipinski definition) is 0. The molecule has 3 aromatic heterocycles. The molecule has 1 unspecified atom stereocenters. The standard InChI is InChI=1S/C23H22ClN5O3/c24-14-3-6-17-18(10-14)26-21(27-22(17)32-13-16-2-1-9-31-16)12-28-20-11-25-8-7-19(20)29(23(28)30)15-4-5-15/h3,6-8,10-11,15-16H,1-2,4-5,9,12-13H2. The Morgan fingerprint density at radius 1 is 1.16 bits per heavy atom. The Bertz CT molecular complexity index is 1370. The lowest BCUT2D eigenvalue weighted by molar-refractivity contribution is 0.0668. The molecule has 2 aliphatic rings. The van der Waals surface area contributed by atoms with Crippen molar-refractivity contribution < 1.29 is 9.47 Å². The van der Waals surface area contributed by atoms with Crippen molar-refractivity contribution in [3.05, 3.63) is 58.0 Å². The molecule has 9 heteroatoms. The maximum atomic E-state index is 13.3. The van der Waals surface area contributed by atoms with Gasteiger partial charge in [0.1, 0.15) is 6.61 Å². The first-order chi connectivity index (χ1) is 15.7. The van der Waals surface area contributed by atoms with E-state index >= 15 is 0 Å². The quantitative estimate of drug-likeness (QED) is 0.444. The molecule has 32 heavy (non-hydrogen) atoms. The highest BCUT2D eigenvalue weighted by Crippen LogP contribution is 2.36. The molecule has 8 nitrogen and oxygen atoms in total. The topological polar surface area (TPSA) is 84.1 Å². The third kappa shape index (κ3) is 3.53. The van der Waals surface area contributed by atoms with Crippen LogP contribution in [-0.4, -0.2) is 43.4 Å².